The Hall–Kier alpha value is -0.820. The lowest BCUT2D eigenvalue weighted by molar-refractivity contribution is 0.0990. The van der Waals surface area contributed by atoms with Crippen LogP contribution in [0.25, 0.3) is 0 Å². The van der Waals surface area contributed by atoms with Crippen molar-refractivity contribution in [2.24, 2.45) is 0 Å². The summed E-state index contributed by atoms with van der Waals surface area (Å²) >= 11 is 5.91. The molecule has 2 rings (SSSR count). The summed E-state index contributed by atoms with van der Waals surface area (Å²) in [5.41, 5.74) is 1.85. The van der Waals surface area contributed by atoms with Gasteiger partial charge in [0.15, 0.2) is 5.78 Å². The Kier molecular flexibility index (Phi) is 1.69. The fourth-order valence-electron chi connectivity index (χ4n) is 1.74. The molecule has 1 atom stereocenters. The minimum atomic E-state index is 0.183. The number of ketones is 1. The van der Waals surface area contributed by atoms with Gasteiger partial charge in [-0.15, -0.1) is 0 Å². The maximum atomic E-state index is 11.4. The van der Waals surface area contributed by atoms with E-state index in [-0.39, 0.29) is 5.78 Å². The standard InChI is InChI=1S/C10H9ClO/c1-6-5-9(12)10-7(6)3-2-4-8(10)11/h2-4,6H,5H2,1H3. The summed E-state index contributed by atoms with van der Waals surface area (Å²) in [6, 6.07) is 5.66. The largest absolute Gasteiger partial charge is 0.294 e. The van der Waals surface area contributed by atoms with E-state index >= 15 is 0 Å². The zero-order chi connectivity index (χ0) is 8.72. The quantitative estimate of drug-likeness (QED) is 0.600. The SMILES string of the molecule is CC1CC(=O)c2c(Cl)cccc21. The third-order valence-corrected chi connectivity index (χ3v) is 2.66. The zero-order valence-electron chi connectivity index (χ0n) is 6.80. The molecule has 62 valence electrons. The summed E-state index contributed by atoms with van der Waals surface area (Å²) in [6.45, 7) is 2.06. The number of hydrogen-bond donors (Lipinski definition) is 0. The molecule has 1 unspecified atom stereocenters. The third kappa shape index (κ3) is 0.969. The highest BCUT2D eigenvalue weighted by molar-refractivity contribution is 6.34. The molecule has 1 aliphatic rings. The number of Topliss-reactive ketones (excluding diaryl/α,β-unsaturated/α-hetero) is 1. The van der Waals surface area contributed by atoms with Gasteiger partial charge in [0.1, 0.15) is 0 Å². The minimum Gasteiger partial charge on any atom is -0.294 e. The molecule has 0 saturated heterocycles. The number of benzene rings is 1. The maximum absolute atomic E-state index is 11.4. The molecule has 1 nitrogen and oxygen atoms in total. The van der Waals surface area contributed by atoms with Crippen molar-refractivity contribution in [1.82, 2.24) is 0 Å². The molecule has 0 heterocycles. The summed E-state index contributed by atoms with van der Waals surface area (Å²) in [5, 5.41) is 0.599. The maximum Gasteiger partial charge on any atom is 0.165 e. The van der Waals surface area contributed by atoms with E-state index in [9.17, 15) is 4.79 Å². The van der Waals surface area contributed by atoms with Gasteiger partial charge < -0.3 is 0 Å². The monoisotopic (exact) mass is 180 g/mol. The molecule has 0 fully saturated rings. The number of halogens is 1. The number of rotatable bonds is 0. The van der Waals surface area contributed by atoms with E-state index in [0.29, 0.717) is 17.4 Å². The second kappa shape index (κ2) is 2.60. The number of fused-ring (bicyclic) bond motifs is 1. The zero-order valence-corrected chi connectivity index (χ0v) is 7.56. The average Bonchev–Trinajstić information content (AvgIpc) is 2.29. The van der Waals surface area contributed by atoms with E-state index < -0.39 is 0 Å². The van der Waals surface area contributed by atoms with Crippen LogP contribution in [-0.4, -0.2) is 5.78 Å². The molecule has 0 aliphatic heterocycles. The van der Waals surface area contributed by atoms with Gasteiger partial charge in [0.25, 0.3) is 0 Å². The fraction of sp³-hybridized carbons (Fsp3) is 0.300. The van der Waals surface area contributed by atoms with Crippen LogP contribution in [0.1, 0.15) is 35.2 Å². The molecule has 1 aliphatic carbocycles. The van der Waals surface area contributed by atoms with E-state index in [4.69, 9.17) is 11.6 Å². The minimum absolute atomic E-state index is 0.183. The Balaban J connectivity index is 2.67. The highest BCUT2D eigenvalue weighted by atomic mass is 35.5. The molecule has 0 aromatic heterocycles. The number of carbonyl (C=O) groups is 1. The smallest absolute Gasteiger partial charge is 0.165 e. The van der Waals surface area contributed by atoms with Crippen LogP contribution in [0.3, 0.4) is 0 Å². The third-order valence-electron chi connectivity index (χ3n) is 2.35. The van der Waals surface area contributed by atoms with E-state index in [1.54, 1.807) is 6.07 Å². The molecule has 0 spiro atoms. The van der Waals surface area contributed by atoms with Crippen molar-refractivity contribution in [3.8, 4) is 0 Å². The normalized spacial score (nSPS) is 21.2. The summed E-state index contributed by atoms with van der Waals surface area (Å²) in [6.07, 6.45) is 0.610. The van der Waals surface area contributed by atoms with Gasteiger partial charge >= 0.3 is 0 Å². The van der Waals surface area contributed by atoms with E-state index in [1.165, 1.54) is 0 Å². The summed E-state index contributed by atoms with van der Waals surface area (Å²) in [4.78, 5) is 11.4. The van der Waals surface area contributed by atoms with E-state index in [1.807, 2.05) is 12.1 Å². The van der Waals surface area contributed by atoms with Gasteiger partial charge in [-0.25, -0.2) is 0 Å². The van der Waals surface area contributed by atoms with Crippen molar-refractivity contribution in [2.75, 3.05) is 0 Å². The van der Waals surface area contributed by atoms with Crippen LogP contribution in [0.5, 0.6) is 0 Å². The molecular weight excluding hydrogens is 172 g/mol. The highest BCUT2D eigenvalue weighted by Crippen LogP contribution is 2.36. The predicted molar refractivity (Wildman–Crippen MR) is 48.8 cm³/mol. The Morgan fingerprint density at radius 3 is 2.92 bits per heavy atom. The molecule has 12 heavy (non-hydrogen) atoms. The lowest BCUT2D eigenvalue weighted by atomic mass is 10.0. The molecule has 2 heteroatoms. The average molecular weight is 181 g/mol. The summed E-state index contributed by atoms with van der Waals surface area (Å²) < 4.78 is 0. The Labute approximate surface area is 76.4 Å². The lowest BCUT2D eigenvalue weighted by Gasteiger charge is -2.02. The van der Waals surface area contributed by atoms with Crippen LogP contribution in [0.4, 0.5) is 0 Å². The van der Waals surface area contributed by atoms with Crippen molar-refractivity contribution in [3.05, 3.63) is 34.3 Å². The predicted octanol–water partition coefficient (Wildman–Crippen LogP) is 3.03. The first-order chi connectivity index (χ1) is 5.70. The molecule has 1 aromatic carbocycles. The highest BCUT2D eigenvalue weighted by Gasteiger charge is 2.27. The Morgan fingerprint density at radius 2 is 2.25 bits per heavy atom. The molecule has 0 bridgehead atoms. The summed E-state index contributed by atoms with van der Waals surface area (Å²) in [7, 11) is 0. The van der Waals surface area contributed by atoms with Crippen LogP contribution < -0.4 is 0 Å². The van der Waals surface area contributed by atoms with Crippen LogP contribution in [-0.2, 0) is 0 Å². The van der Waals surface area contributed by atoms with Gasteiger partial charge in [-0.2, -0.15) is 0 Å². The second-order valence-electron chi connectivity index (χ2n) is 3.23. The van der Waals surface area contributed by atoms with Gasteiger partial charge in [0, 0.05) is 12.0 Å². The van der Waals surface area contributed by atoms with Crippen molar-refractivity contribution in [2.45, 2.75) is 19.3 Å². The first-order valence-corrected chi connectivity index (χ1v) is 4.39. The van der Waals surface area contributed by atoms with Crippen LogP contribution in [0.2, 0.25) is 5.02 Å². The lowest BCUT2D eigenvalue weighted by Crippen LogP contribution is -1.91. The second-order valence-corrected chi connectivity index (χ2v) is 3.64. The van der Waals surface area contributed by atoms with Crippen molar-refractivity contribution >= 4 is 17.4 Å². The van der Waals surface area contributed by atoms with Gasteiger partial charge in [0.05, 0.1) is 5.02 Å². The van der Waals surface area contributed by atoms with Crippen LogP contribution in [0.15, 0.2) is 18.2 Å². The Bertz CT molecular complexity index is 344. The van der Waals surface area contributed by atoms with Gasteiger partial charge in [-0.1, -0.05) is 30.7 Å². The van der Waals surface area contributed by atoms with E-state index in [2.05, 4.69) is 6.92 Å². The molecular formula is C10H9ClO. The number of carbonyl (C=O) groups excluding carboxylic acids is 1. The first-order valence-electron chi connectivity index (χ1n) is 4.01. The van der Waals surface area contributed by atoms with Gasteiger partial charge in [-0.05, 0) is 17.5 Å². The van der Waals surface area contributed by atoms with Gasteiger partial charge in [-0.3, -0.25) is 4.79 Å². The molecule has 0 amide bonds. The molecule has 1 aromatic rings. The molecule has 0 saturated carbocycles. The van der Waals surface area contributed by atoms with Crippen LogP contribution in [0, 0.1) is 0 Å². The van der Waals surface area contributed by atoms with Crippen molar-refractivity contribution < 1.29 is 4.79 Å². The first kappa shape index (κ1) is 7.81. The van der Waals surface area contributed by atoms with Crippen LogP contribution >= 0.6 is 11.6 Å². The molecule has 0 radical (unpaired) electrons. The van der Waals surface area contributed by atoms with Crippen molar-refractivity contribution in [1.29, 1.82) is 0 Å². The van der Waals surface area contributed by atoms with Crippen molar-refractivity contribution in [3.63, 3.8) is 0 Å². The summed E-state index contributed by atoms with van der Waals surface area (Å²) in [5.74, 6) is 0.523. The molecule has 0 N–H and O–H groups in total. The fourth-order valence-corrected chi connectivity index (χ4v) is 2.02. The van der Waals surface area contributed by atoms with Gasteiger partial charge in [0.2, 0.25) is 0 Å². The topological polar surface area (TPSA) is 17.1 Å². The Morgan fingerprint density at radius 1 is 1.50 bits per heavy atom. The number of hydrogen-bond acceptors (Lipinski definition) is 1. The van der Waals surface area contributed by atoms with E-state index in [0.717, 1.165) is 11.1 Å².